The summed E-state index contributed by atoms with van der Waals surface area (Å²) in [7, 11) is 0. The summed E-state index contributed by atoms with van der Waals surface area (Å²) >= 11 is 0. The van der Waals surface area contributed by atoms with E-state index >= 15 is 0 Å². The molecule has 1 saturated heterocycles. The number of rotatable bonds is 6. The first kappa shape index (κ1) is 18.6. The molecule has 1 aromatic heterocycles. The highest BCUT2D eigenvalue weighted by atomic mass is 16.6. The Morgan fingerprint density at radius 3 is 2.70 bits per heavy atom. The van der Waals surface area contributed by atoms with E-state index in [1.807, 2.05) is 4.90 Å². The maximum atomic E-state index is 12.2. The summed E-state index contributed by atoms with van der Waals surface area (Å²) in [5.74, 6) is -0.160. The molecule has 2 heterocycles. The smallest absolute Gasteiger partial charge is 0.353 e. The largest absolute Gasteiger partial charge is 0.462 e. The molecule has 0 aliphatic carbocycles. The van der Waals surface area contributed by atoms with Crippen LogP contribution in [0.1, 0.15) is 36.5 Å². The lowest BCUT2D eigenvalue weighted by atomic mass is 10.1. The number of aromatic nitrogens is 2. The minimum atomic E-state index is -0.506. The molecule has 1 aromatic carbocycles. The van der Waals surface area contributed by atoms with Gasteiger partial charge in [0.05, 0.1) is 22.8 Å². The first-order valence-electron chi connectivity index (χ1n) is 8.89. The highest BCUT2D eigenvalue weighted by Crippen LogP contribution is 2.35. The maximum absolute atomic E-state index is 12.2. The summed E-state index contributed by atoms with van der Waals surface area (Å²) in [4.78, 5) is 33.5. The van der Waals surface area contributed by atoms with Crippen molar-refractivity contribution in [2.24, 2.45) is 0 Å². The lowest BCUT2D eigenvalue weighted by Gasteiger charge is -2.27. The van der Waals surface area contributed by atoms with Gasteiger partial charge in [-0.2, -0.15) is 0 Å². The molecule has 0 radical (unpaired) electrons. The summed E-state index contributed by atoms with van der Waals surface area (Å²) in [6.07, 6.45) is 4.34. The van der Waals surface area contributed by atoms with Crippen molar-refractivity contribution in [3.8, 4) is 0 Å². The number of nitrogens with one attached hydrogen (secondary N) is 1. The zero-order valence-corrected chi connectivity index (χ0v) is 15.1. The van der Waals surface area contributed by atoms with Crippen LogP contribution in [0.3, 0.4) is 0 Å². The van der Waals surface area contributed by atoms with Crippen molar-refractivity contribution < 1.29 is 14.5 Å². The highest BCUT2D eigenvalue weighted by Gasteiger charge is 2.28. The molecule has 27 heavy (non-hydrogen) atoms. The maximum Gasteiger partial charge on any atom is 0.353 e. The van der Waals surface area contributed by atoms with Gasteiger partial charge in [-0.15, -0.1) is 0 Å². The van der Waals surface area contributed by atoms with Gasteiger partial charge in [0.15, 0.2) is 0 Å². The minimum absolute atomic E-state index is 0.0484. The zero-order valence-electron chi connectivity index (χ0n) is 15.1. The Morgan fingerprint density at radius 2 is 2.00 bits per heavy atom. The number of para-hydroxylation sites is 1. The predicted molar refractivity (Wildman–Crippen MR) is 100 cm³/mol. The molecule has 0 saturated carbocycles. The van der Waals surface area contributed by atoms with Crippen LogP contribution < -0.4 is 10.2 Å². The van der Waals surface area contributed by atoms with Crippen molar-refractivity contribution in [1.82, 2.24) is 9.97 Å². The standard InChI is InChI=1S/C18H21N5O4/c1-2-27-18(24)13-8-4-5-9-14(13)21-16-15(23(25)26)17(20-12-19-16)22-10-6-3-7-11-22/h4-5,8-9,12H,2-3,6-7,10-11H2,1H3,(H,19,20,21). The zero-order chi connectivity index (χ0) is 19.2. The third kappa shape index (κ3) is 4.13. The van der Waals surface area contributed by atoms with Gasteiger partial charge in [-0.25, -0.2) is 14.8 Å². The third-order valence-corrected chi connectivity index (χ3v) is 4.32. The molecule has 1 aliphatic heterocycles. The Morgan fingerprint density at radius 1 is 1.26 bits per heavy atom. The molecule has 9 heteroatoms. The van der Waals surface area contributed by atoms with E-state index in [1.165, 1.54) is 6.33 Å². The topological polar surface area (TPSA) is 110 Å². The van der Waals surface area contributed by atoms with E-state index in [1.54, 1.807) is 31.2 Å². The summed E-state index contributed by atoms with van der Waals surface area (Å²) < 4.78 is 5.05. The molecule has 9 nitrogen and oxygen atoms in total. The van der Waals surface area contributed by atoms with Crippen molar-refractivity contribution in [1.29, 1.82) is 0 Å². The van der Waals surface area contributed by atoms with Crippen LogP contribution in [0.4, 0.5) is 23.0 Å². The Labute approximate surface area is 156 Å². The van der Waals surface area contributed by atoms with E-state index in [0.29, 0.717) is 11.5 Å². The van der Waals surface area contributed by atoms with Crippen molar-refractivity contribution >= 4 is 29.0 Å². The molecule has 3 rings (SSSR count). The number of nitrogens with zero attached hydrogens (tertiary/aromatic N) is 4. The van der Waals surface area contributed by atoms with E-state index in [0.717, 1.165) is 32.4 Å². The number of hydrogen-bond donors (Lipinski definition) is 1. The molecule has 1 fully saturated rings. The average molecular weight is 371 g/mol. The summed E-state index contributed by atoms with van der Waals surface area (Å²) in [6.45, 7) is 3.39. The molecule has 0 unspecified atom stereocenters. The molecule has 1 N–H and O–H groups in total. The number of nitro groups is 1. The average Bonchev–Trinajstić information content (AvgIpc) is 2.69. The fraction of sp³-hybridized carbons (Fsp3) is 0.389. The Kier molecular flexibility index (Phi) is 5.80. The first-order chi connectivity index (χ1) is 13.1. The monoisotopic (exact) mass is 371 g/mol. The highest BCUT2D eigenvalue weighted by molar-refractivity contribution is 5.96. The van der Waals surface area contributed by atoms with E-state index in [2.05, 4.69) is 15.3 Å². The SMILES string of the molecule is CCOC(=O)c1ccccc1Nc1ncnc(N2CCCCC2)c1[N+](=O)[O-]. The lowest BCUT2D eigenvalue weighted by molar-refractivity contribution is -0.383. The van der Waals surface area contributed by atoms with Gasteiger partial charge in [0.2, 0.25) is 11.6 Å². The molecular formula is C18H21N5O4. The molecule has 0 bridgehead atoms. The fourth-order valence-corrected chi connectivity index (χ4v) is 3.07. The van der Waals surface area contributed by atoms with Crippen molar-refractivity contribution in [3.63, 3.8) is 0 Å². The lowest BCUT2D eigenvalue weighted by Crippen LogP contribution is -2.31. The van der Waals surface area contributed by atoms with Crippen LogP contribution in [-0.2, 0) is 4.74 Å². The van der Waals surface area contributed by atoms with Gasteiger partial charge in [-0.1, -0.05) is 12.1 Å². The van der Waals surface area contributed by atoms with E-state index in [4.69, 9.17) is 4.74 Å². The molecule has 0 spiro atoms. The van der Waals surface area contributed by atoms with Gasteiger partial charge in [0, 0.05) is 13.1 Å². The Balaban J connectivity index is 1.98. The quantitative estimate of drug-likeness (QED) is 0.468. The van der Waals surface area contributed by atoms with Crippen LogP contribution in [0.25, 0.3) is 0 Å². The second-order valence-electron chi connectivity index (χ2n) is 6.09. The normalized spacial score (nSPS) is 13.9. The van der Waals surface area contributed by atoms with Gasteiger partial charge < -0.3 is 15.0 Å². The van der Waals surface area contributed by atoms with Gasteiger partial charge in [-0.3, -0.25) is 10.1 Å². The molecule has 0 amide bonds. The van der Waals surface area contributed by atoms with Gasteiger partial charge >= 0.3 is 11.7 Å². The van der Waals surface area contributed by atoms with Crippen LogP contribution in [0.15, 0.2) is 30.6 Å². The summed E-state index contributed by atoms with van der Waals surface area (Å²) in [5.41, 5.74) is 0.479. The van der Waals surface area contributed by atoms with Gasteiger partial charge in [0.25, 0.3) is 0 Å². The number of esters is 1. The number of piperidine rings is 1. The molecular weight excluding hydrogens is 350 g/mol. The van der Waals surface area contributed by atoms with Crippen LogP contribution in [0.2, 0.25) is 0 Å². The second-order valence-corrected chi connectivity index (χ2v) is 6.09. The summed E-state index contributed by atoms with van der Waals surface area (Å²) in [6, 6.07) is 6.67. The number of anilines is 3. The van der Waals surface area contributed by atoms with Crippen molar-refractivity contribution in [3.05, 3.63) is 46.3 Å². The predicted octanol–water partition coefficient (Wildman–Crippen LogP) is 3.30. The Bertz CT molecular complexity index is 836. The van der Waals surface area contributed by atoms with Gasteiger partial charge in [-0.05, 0) is 38.3 Å². The molecule has 0 atom stereocenters. The van der Waals surface area contributed by atoms with Gasteiger partial charge in [0.1, 0.15) is 6.33 Å². The molecule has 1 aliphatic rings. The number of benzene rings is 1. The van der Waals surface area contributed by atoms with E-state index < -0.39 is 10.9 Å². The first-order valence-corrected chi connectivity index (χ1v) is 8.89. The van der Waals surface area contributed by atoms with Crippen LogP contribution in [0.5, 0.6) is 0 Å². The number of carbonyl (C=O) groups is 1. The minimum Gasteiger partial charge on any atom is -0.462 e. The molecule has 142 valence electrons. The second kappa shape index (κ2) is 8.43. The van der Waals surface area contributed by atoms with Crippen LogP contribution in [-0.4, -0.2) is 40.6 Å². The molecule has 2 aromatic rings. The fourth-order valence-electron chi connectivity index (χ4n) is 3.07. The number of hydrogen-bond acceptors (Lipinski definition) is 8. The van der Waals surface area contributed by atoms with Crippen molar-refractivity contribution in [2.45, 2.75) is 26.2 Å². The third-order valence-electron chi connectivity index (χ3n) is 4.32. The van der Waals surface area contributed by atoms with E-state index in [9.17, 15) is 14.9 Å². The van der Waals surface area contributed by atoms with Crippen LogP contribution >= 0.6 is 0 Å². The number of ether oxygens (including phenoxy) is 1. The Hall–Kier alpha value is -3.23. The van der Waals surface area contributed by atoms with E-state index in [-0.39, 0.29) is 23.7 Å². The van der Waals surface area contributed by atoms with Crippen molar-refractivity contribution in [2.75, 3.05) is 29.9 Å². The summed E-state index contributed by atoms with van der Waals surface area (Å²) in [5, 5.41) is 14.7. The van der Waals surface area contributed by atoms with Crippen LogP contribution in [0, 0.1) is 10.1 Å². The number of carbonyl (C=O) groups excluding carboxylic acids is 1.